The summed E-state index contributed by atoms with van der Waals surface area (Å²) in [5, 5.41) is 8.82. The summed E-state index contributed by atoms with van der Waals surface area (Å²) >= 11 is 0. The first-order valence-corrected chi connectivity index (χ1v) is 9.12. The van der Waals surface area contributed by atoms with Crippen LogP contribution in [0.3, 0.4) is 0 Å². The number of unbranched alkanes of at least 4 members (excludes halogenated alkanes) is 1. The van der Waals surface area contributed by atoms with E-state index in [4.69, 9.17) is 5.26 Å². The van der Waals surface area contributed by atoms with Crippen LogP contribution in [0.2, 0.25) is 0 Å². The van der Waals surface area contributed by atoms with Crippen molar-refractivity contribution in [2.24, 2.45) is 0 Å². The number of benzene rings is 1. The van der Waals surface area contributed by atoms with Gasteiger partial charge in [0.05, 0.1) is 16.5 Å². The molecule has 0 spiro atoms. The Kier molecular flexibility index (Phi) is 5.39. The highest BCUT2D eigenvalue weighted by Crippen LogP contribution is 2.24. The maximum absolute atomic E-state index is 12.9. The summed E-state index contributed by atoms with van der Waals surface area (Å²) < 4.78 is 27.1. The molecule has 2 rings (SSSR count). The van der Waals surface area contributed by atoms with Gasteiger partial charge in [-0.2, -0.15) is 9.57 Å². The molecule has 6 nitrogen and oxygen atoms in total. The standard InChI is InChI=1S/C16H21N3O3S/c1-3-4-5-15-16(20)18(2)10-11-19(15)23(21,22)14-8-6-13(12-17)7-9-14/h6-9,15H,3-5,10-11H2,1-2H3. The van der Waals surface area contributed by atoms with E-state index in [9.17, 15) is 13.2 Å². The Morgan fingerprint density at radius 1 is 1.26 bits per heavy atom. The van der Waals surface area contributed by atoms with Gasteiger partial charge in [0.2, 0.25) is 15.9 Å². The van der Waals surface area contributed by atoms with Gasteiger partial charge in [-0.15, -0.1) is 0 Å². The smallest absolute Gasteiger partial charge is 0.243 e. The number of carbonyl (C=O) groups is 1. The van der Waals surface area contributed by atoms with Crippen molar-refractivity contribution in [1.82, 2.24) is 9.21 Å². The van der Waals surface area contributed by atoms with Crippen LogP contribution in [-0.4, -0.2) is 49.7 Å². The zero-order valence-electron chi connectivity index (χ0n) is 13.4. The molecule has 1 unspecified atom stereocenters. The Morgan fingerprint density at radius 3 is 2.48 bits per heavy atom. The summed E-state index contributed by atoms with van der Waals surface area (Å²) in [7, 11) is -2.05. The van der Waals surface area contributed by atoms with E-state index in [0.717, 1.165) is 12.8 Å². The van der Waals surface area contributed by atoms with Crippen LogP contribution >= 0.6 is 0 Å². The second-order valence-electron chi connectivity index (χ2n) is 5.67. The van der Waals surface area contributed by atoms with E-state index in [1.165, 1.54) is 28.6 Å². The predicted octanol–water partition coefficient (Wildman–Crippen LogP) is 1.58. The van der Waals surface area contributed by atoms with Crippen LogP contribution in [0, 0.1) is 11.3 Å². The molecule has 0 radical (unpaired) electrons. The van der Waals surface area contributed by atoms with E-state index >= 15 is 0 Å². The minimum absolute atomic E-state index is 0.121. The molecule has 1 atom stereocenters. The average molecular weight is 335 g/mol. The van der Waals surface area contributed by atoms with Crippen molar-refractivity contribution in [2.75, 3.05) is 20.1 Å². The summed E-state index contributed by atoms with van der Waals surface area (Å²) in [6.45, 7) is 2.69. The number of nitriles is 1. The molecule has 0 bridgehead atoms. The molecule has 7 heteroatoms. The van der Waals surface area contributed by atoms with Crippen LogP contribution in [0.1, 0.15) is 31.7 Å². The van der Waals surface area contributed by atoms with Gasteiger partial charge >= 0.3 is 0 Å². The van der Waals surface area contributed by atoms with Gasteiger partial charge in [0.25, 0.3) is 0 Å². The summed E-state index contributed by atoms with van der Waals surface area (Å²) in [5.41, 5.74) is 0.404. The molecular formula is C16H21N3O3S. The Balaban J connectivity index is 2.34. The van der Waals surface area contributed by atoms with E-state index in [0.29, 0.717) is 25.1 Å². The molecule has 124 valence electrons. The van der Waals surface area contributed by atoms with Gasteiger partial charge in [-0.25, -0.2) is 8.42 Å². The van der Waals surface area contributed by atoms with Crippen molar-refractivity contribution >= 4 is 15.9 Å². The lowest BCUT2D eigenvalue weighted by molar-refractivity contribution is -0.137. The molecule has 1 aliphatic rings. The number of likely N-dealkylation sites (N-methyl/N-ethyl adjacent to an activating group) is 1. The van der Waals surface area contributed by atoms with Gasteiger partial charge in [-0.05, 0) is 30.7 Å². The van der Waals surface area contributed by atoms with E-state index in [1.807, 2.05) is 13.0 Å². The lowest BCUT2D eigenvalue weighted by Crippen LogP contribution is -2.57. The number of amides is 1. The quantitative estimate of drug-likeness (QED) is 0.818. The summed E-state index contributed by atoms with van der Waals surface area (Å²) in [6.07, 6.45) is 2.22. The minimum atomic E-state index is -3.75. The van der Waals surface area contributed by atoms with Crippen LogP contribution in [0.15, 0.2) is 29.2 Å². The van der Waals surface area contributed by atoms with Crippen molar-refractivity contribution in [1.29, 1.82) is 5.26 Å². The van der Waals surface area contributed by atoms with Crippen LogP contribution in [0.4, 0.5) is 0 Å². The molecule has 1 heterocycles. The molecule has 0 aromatic heterocycles. The molecule has 1 saturated heterocycles. The molecule has 0 saturated carbocycles. The maximum atomic E-state index is 12.9. The molecule has 23 heavy (non-hydrogen) atoms. The summed E-state index contributed by atoms with van der Waals surface area (Å²) in [6, 6.07) is 7.13. The van der Waals surface area contributed by atoms with Crippen molar-refractivity contribution in [3.05, 3.63) is 29.8 Å². The van der Waals surface area contributed by atoms with Gasteiger partial charge in [-0.1, -0.05) is 19.8 Å². The number of rotatable bonds is 5. The third-order valence-electron chi connectivity index (χ3n) is 4.09. The first-order valence-electron chi connectivity index (χ1n) is 7.68. The summed E-state index contributed by atoms with van der Waals surface area (Å²) in [4.78, 5) is 14.1. The molecule has 1 amide bonds. The molecule has 1 aromatic rings. The zero-order chi connectivity index (χ0) is 17.0. The molecule has 1 aliphatic heterocycles. The minimum Gasteiger partial charge on any atom is -0.343 e. The Labute approximate surface area is 137 Å². The van der Waals surface area contributed by atoms with E-state index in [1.54, 1.807) is 11.9 Å². The van der Waals surface area contributed by atoms with Gasteiger partial charge in [0, 0.05) is 20.1 Å². The largest absolute Gasteiger partial charge is 0.343 e. The Morgan fingerprint density at radius 2 is 1.91 bits per heavy atom. The lowest BCUT2D eigenvalue weighted by Gasteiger charge is -2.38. The first-order chi connectivity index (χ1) is 10.9. The van der Waals surface area contributed by atoms with Crippen LogP contribution in [0.5, 0.6) is 0 Å². The van der Waals surface area contributed by atoms with Crippen molar-refractivity contribution in [2.45, 2.75) is 37.1 Å². The van der Waals surface area contributed by atoms with Crippen molar-refractivity contribution < 1.29 is 13.2 Å². The van der Waals surface area contributed by atoms with Crippen molar-refractivity contribution in [3.8, 4) is 6.07 Å². The van der Waals surface area contributed by atoms with E-state index in [2.05, 4.69) is 0 Å². The second-order valence-corrected chi connectivity index (χ2v) is 7.56. The lowest BCUT2D eigenvalue weighted by atomic mass is 10.1. The fraction of sp³-hybridized carbons (Fsp3) is 0.500. The number of sulfonamides is 1. The van der Waals surface area contributed by atoms with E-state index < -0.39 is 16.1 Å². The molecule has 1 fully saturated rings. The predicted molar refractivity (Wildman–Crippen MR) is 86.0 cm³/mol. The molecule has 1 aromatic carbocycles. The third-order valence-corrected chi connectivity index (χ3v) is 6.01. The Hall–Kier alpha value is -1.91. The number of hydrogen-bond donors (Lipinski definition) is 0. The fourth-order valence-electron chi connectivity index (χ4n) is 2.68. The van der Waals surface area contributed by atoms with Gasteiger partial charge in [0.1, 0.15) is 6.04 Å². The highest BCUT2D eigenvalue weighted by atomic mass is 32.2. The SMILES string of the molecule is CCCCC1C(=O)N(C)CCN1S(=O)(=O)c1ccc(C#N)cc1. The van der Waals surface area contributed by atoms with Gasteiger partial charge < -0.3 is 4.90 Å². The first kappa shape index (κ1) is 17.4. The van der Waals surface area contributed by atoms with Crippen LogP contribution < -0.4 is 0 Å². The average Bonchev–Trinajstić information content (AvgIpc) is 2.56. The normalized spacial score (nSPS) is 19.6. The second kappa shape index (κ2) is 7.11. The third kappa shape index (κ3) is 3.54. The highest BCUT2D eigenvalue weighted by Gasteiger charge is 2.40. The molecule has 0 aliphatic carbocycles. The molecule has 0 N–H and O–H groups in total. The molecular weight excluding hydrogens is 314 g/mol. The van der Waals surface area contributed by atoms with Crippen molar-refractivity contribution in [3.63, 3.8) is 0 Å². The Bertz CT molecular complexity index is 707. The zero-order valence-corrected chi connectivity index (χ0v) is 14.2. The van der Waals surface area contributed by atoms with E-state index in [-0.39, 0.29) is 10.8 Å². The monoisotopic (exact) mass is 335 g/mol. The van der Waals surface area contributed by atoms with Gasteiger partial charge in [-0.3, -0.25) is 4.79 Å². The number of carbonyl (C=O) groups excluding carboxylic acids is 1. The van der Waals surface area contributed by atoms with Crippen LogP contribution in [-0.2, 0) is 14.8 Å². The van der Waals surface area contributed by atoms with Gasteiger partial charge in [0.15, 0.2) is 0 Å². The fourth-order valence-corrected chi connectivity index (χ4v) is 4.29. The van der Waals surface area contributed by atoms with Crippen LogP contribution in [0.25, 0.3) is 0 Å². The number of nitrogens with zero attached hydrogens (tertiary/aromatic N) is 3. The highest BCUT2D eigenvalue weighted by molar-refractivity contribution is 7.89. The topological polar surface area (TPSA) is 81.5 Å². The summed E-state index contributed by atoms with van der Waals surface area (Å²) in [5.74, 6) is -0.151. The number of hydrogen-bond acceptors (Lipinski definition) is 4. The number of piperazine rings is 1. The maximum Gasteiger partial charge on any atom is 0.243 e.